The lowest BCUT2D eigenvalue weighted by Crippen LogP contribution is -2.13. The molecule has 0 saturated carbocycles. The van der Waals surface area contributed by atoms with Gasteiger partial charge in [-0.15, -0.1) is 0 Å². The molecule has 7 heteroatoms. The second-order valence-electron chi connectivity index (χ2n) is 4.82. The third-order valence-electron chi connectivity index (χ3n) is 3.19. The van der Waals surface area contributed by atoms with E-state index in [2.05, 4.69) is 5.32 Å². The Kier molecular flexibility index (Phi) is 4.90. The van der Waals surface area contributed by atoms with E-state index in [4.69, 9.17) is 9.47 Å². The molecule has 0 radical (unpaired) electrons. The molecule has 0 unspecified atom stereocenters. The zero-order chi connectivity index (χ0) is 17.0. The van der Waals surface area contributed by atoms with E-state index in [1.54, 1.807) is 18.2 Å². The molecule has 122 valence electrons. The fraction of sp³-hybridized carbons (Fsp3) is 0.188. The Balaban J connectivity index is 2.25. The smallest absolute Gasteiger partial charge is 0.259 e. The maximum absolute atomic E-state index is 12.4. The molecular formula is C16H17NO5S. The molecule has 6 nitrogen and oxygen atoms in total. The van der Waals surface area contributed by atoms with Gasteiger partial charge in [0.25, 0.3) is 5.91 Å². The molecule has 0 bridgehead atoms. The number of hydrogen-bond acceptors (Lipinski definition) is 5. The van der Waals surface area contributed by atoms with Crippen LogP contribution >= 0.6 is 0 Å². The van der Waals surface area contributed by atoms with E-state index in [9.17, 15) is 13.2 Å². The topological polar surface area (TPSA) is 81.7 Å². The van der Waals surface area contributed by atoms with Gasteiger partial charge < -0.3 is 14.8 Å². The summed E-state index contributed by atoms with van der Waals surface area (Å²) in [4.78, 5) is 12.6. The largest absolute Gasteiger partial charge is 0.497 e. The molecule has 0 heterocycles. The molecule has 0 atom stereocenters. The molecule has 0 saturated heterocycles. The maximum atomic E-state index is 12.4. The fourth-order valence-electron chi connectivity index (χ4n) is 1.98. The molecule has 0 aromatic heterocycles. The number of hydrogen-bond donors (Lipinski definition) is 1. The summed E-state index contributed by atoms with van der Waals surface area (Å²) in [6, 6.07) is 10.8. The van der Waals surface area contributed by atoms with Crippen LogP contribution in [-0.4, -0.2) is 34.8 Å². The zero-order valence-corrected chi connectivity index (χ0v) is 13.8. The molecule has 2 aromatic rings. The van der Waals surface area contributed by atoms with Gasteiger partial charge in [-0.05, 0) is 42.5 Å². The predicted octanol–water partition coefficient (Wildman–Crippen LogP) is 2.36. The summed E-state index contributed by atoms with van der Waals surface area (Å²) in [5.74, 6) is 0.562. The fourth-order valence-corrected chi connectivity index (χ4v) is 2.61. The second-order valence-corrected chi connectivity index (χ2v) is 6.83. The van der Waals surface area contributed by atoms with E-state index >= 15 is 0 Å². The van der Waals surface area contributed by atoms with Crippen molar-refractivity contribution in [1.29, 1.82) is 0 Å². The minimum absolute atomic E-state index is 0.189. The molecule has 0 spiro atoms. The highest BCUT2D eigenvalue weighted by Gasteiger charge is 2.14. The van der Waals surface area contributed by atoms with Gasteiger partial charge in [0, 0.05) is 11.9 Å². The van der Waals surface area contributed by atoms with Crippen LogP contribution in [0.15, 0.2) is 47.4 Å². The van der Waals surface area contributed by atoms with Gasteiger partial charge in [-0.3, -0.25) is 4.79 Å². The Labute approximate surface area is 135 Å². The molecule has 0 aliphatic rings. The number of amides is 1. The summed E-state index contributed by atoms with van der Waals surface area (Å²) in [5, 5.41) is 2.69. The van der Waals surface area contributed by atoms with Gasteiger partial charge in [0.2, 0.25) is 0 Å². The van der Waals surface area contributed by atoms with Crippen LogP contribution in [0.1, 0.15) is 10.4 Å². The maximum Gasteiger partial charge on any atom is 0.259 e. The highest BCUT2D eigenvalue weighted by atomic mass is 32.2. The molecule has 1 amide bonds. The Morgan fingerprint density at radius 3 is 2.17 bits per heavy atom. The minimum atomic E-state index is -3.27. The molecular weight excluding hydrogens is 318 g/mol. The molecule has 23 heavy (non-hydrogen) atoms. The number of rotatable bonds is 5. The summed E-state index contributed by atoms with van der Waals surface area (Å²) in [6.07, 6.45) is 1.13. The minimum Gasteiger partial charge on any atom is -0.497 e. The summed E-state index contributed by atoms with van der Waals surface area (Å²) >= 11 is 0. The quantitative estimate of drug-likeness (QED) is 0.907. The van der Waals surface area contributed by atoms with Crippen molar-refractivity contribution < 1.29 is 22.7 Å². The monoisotopic (exact) mass is 335 g/mol. The highest BCUT2D eigenvalue weighted by molar-refractivity contribution is 7.90. The van der Waals surface area contributed by atoms with Crippen LogP contribution in [-0.2, 0) is 9.84 Å². The molecule has 0 fully saturated rings. The van der Waals surface area contributed by atoms with Crippen LogP contribution in [0.2, 0.25) is 0 Å². The standard InChI is InChI=1S/C16H17NO5S/c1-21-12-6-9-15(22-2)14(10-12)16(18)17-11-4-7-13(8-5-11)23(3,19)20/h4-10H,1-3H3,(H,17,18). The number of carbonyl (C=O) groups is 1. The number of sulfone groups is 1. The summed E-state index contributed by atoms with van der Waals surface area (Å²) in [6.45, 7) is 0. The van der Waals surface area contributed by atoms with E-state index in [-0.39, 0.29) is 10.8 Å². The average molecular weight is 335 g/mol. The summed E-state index contributed by atoms with van der Waals surface area (Å²) in [5.41, 5.74) is 0.798. The first-order chi connectivity index (χ1) is 10.8. The molecule has 2 aromatic carbocycles. The van der Waals surface area contributed by atoms with Gasteiger partial charge >= 0.3 is 0 Å². The van der Waals surface area contributed by atoms with Gasteiger partial charge in [0.1, 0.15) is 11.5 Å². The van der Waals surface area contributed by atoms with Crippen LogP contribution in [0.3, 0.4) is 0 Å². The van der Waals surface area contributed by atoms with E-state index in [1.807, 2.05) is 0 Å². The van der Waals surface area contributed by atoms with Gasteiger partial charge in [-0.2, -0.15) is 0 Å². The van der Waals surface area contributed by atoms with E-state index in [1.165, 1.54) is 38.5 Å². The number of carbonyl (C=O) groups excluding carboxylic acids is 1. The third-order valence-corrected chi connectivity index (χ3v) is 4.32. The van der Waals surface area contributed by atoms with Gasteiger partial charge in [-0.25, -0.2) is 8.42 Å². The lowest BCUT2D eigenvalue weighted by molar-refractivity contribution is 0.102. The van der Waals surface area contributed by atoms with Crippen molar-refractivity contribution in [2.45, 2.75) is 4.90 Å². The second kappa shape index (κ2) is 6.70. The van der Waals surface area contributed by atoms with Gasteiger partial charge in [-0.1, -0.05) is 0 Å². The van der Waals surface area contributed by atoms with Crippen LogP contribution < -0.4 is 14.8 Å². The highest BCUT2D eigenvalue weighted by Crippen LogP contribution is 2.25. The Bertz CT molecular complexity index is 813. The SMILES string of the molecule is COc1ccc(OC)c(C(=O)Nc2ccc(S(C)(=O)=O)cc2)c1. The van der Waals surface area contributed by atoms with E-state index in [0.29, 0.717) is 22.7 Å². The van der Waals surface area contributed by atoms with Crippen molar-refractivity contribution in [3.63, 3.8) is 0 Å². The number of nitrogens with one attached hydrogen (secondary N) is 1. The molecule has 1 N–H and O–H groups in total. The predicted molar refractivity (Wildman–Crippen MR) is 87.1 cm³/mol. The van der Waals surface area contributed by atoms with Crippen molar-refractivity contribution >= 4 is 21.4 Å². The van der Waals surface area contributed by atoms with Crippen molar-refractivity contribution in [3.8, 4) is 11.5 Å². The van der Waals surface area contributed by atoms with Crippen molar-refractivity contribution in [1.82, 2.24) is 0 Å². The number of methoxy groups -OCH3 is 2. The van der Waals surface area contributed by atoms with Crippen molar-refractivity contribution in [3.05, 3.63) is 48.0 Å². The van der Waals surface area contributed by atoms with Crippen LogP contribution in [0.5, 0.6) is 11.5 Å². The Hall–Kier alpha value is -2.54. The molecule has 2 rings (SSSR count). The van der Waals surface area contributed by atoms with Gasteiger partial charge in [0.05, 0.1) is 24.7 Å². The first-order valence-corrected chi connectivity index (χ1v) is 8.58. The lowest BCUT2D eigenvalue weighted by Gasteiger charge is -2.11. The summed E-state index contributed by atoms with van der Waals surface area (Å²) in [7, 11) is -0.290. The molecule has 0 aliphatic carbocycles. The van der Waals surface area contributed by atoms with Crippen molar-refractivity contribution in [2.75, 3.05) is 25.8 Å². The van der Waals surface area contributed by atoms with Crippen molar-refractivity contribution in [2.24, 2.45) is 0 Å². The third kappa shape index (κ3) is 4.01. The first-order valence-electron chi connectivity index (χ1n) is 6.68. The Morgan fingerprint density at radius 1 is 1.00 bits per heavy atom. The first kappa shape index (κ1) is 16.8. The normalized spacial score (nSPS) is 10.9. The van der Waals surface area contributed by atoms with Crippen LogP contribution in [0.4, 0.5) is 5.69 Å². The van der Waals surface area contributed by atoms with Crippen LogP contribution in [0, 0.1) is 0 Å². The lowest BCUT2D eigenvalue weighted by atomic mass is 10.1. The number of ether oxygens (including phenoxy) is 2. The Morgan fingerprint density at radius 2 is 1.65 bits per heavy atom. The zero-order valence-electron chi connectivity index (χ0n) is 13.0. The summed E-state index contributed by atoms with van der Waals surface area (Å²) < 4.78 is 33.1. The average Bonchev–Trinajstić information content (AvgIpc) is 2.53. The van der Waals surface area contributed by atoms with E-state index in [0.717, 1.165) is 6.26 Å². The molecule has 0 aliphatic heterocycles. The van der Waals surface area contributed by atoms with E-state index < -0.39 is 9.84 Å². The van der Waals surface area contributed by atoms with Gasteiger partial charge in [0.15, 0.2) is 9.84 Å². The van der Waals surface area contributed by atoms with Crippen LogP contribution in [0.25, 0.3) is 0 Å². The number of anilines is 1. The number of benzene rings is 2.